The average Bonchev–Trinajstić information content (AvgIpc) is 2.47. The molecule has 1 aromatic rings. The fourth-order valence-corrected chi connectivity index (χ4v) is 2.15. The lowest BCUT2D eigenvalue weighted by molar-refractivity contribution is -0.113. The third-order valence-corrected chi connectivity index (χ3v) is 2.85. The fraction of sp³-hybridized carbons (Fsp3) is 0.0714. The molecular formula is C14H10O. The lowest BCUT2D eigenvalue weighted by Crippen LogP contribution is -2.22. The van der Waals surface area contributed by atoms with E-state index in [1.54, 1.807) is 6.08 Å². The summed E-state index contributed by atoms with van der Waals surface area (Å²) in [6.45, 7) is 0. The molecule has 0 N–H and O–H groups in total. The van der Waals surface area contributed by atoms with Crippen LogP contribution in [-0.4, -0.2) is 5.78 Å². The van der Waals surface area contributed by atoms with E-state index in [-0.39, 0.29) is 5.78 Å². The second-order valence-electron chi connectivity index (χ2n) is 3.83. The van der Waals surface area contributed by atoms with Crippen LogP contribution in [0, 0.1) is 0 Å². The van der Waals surface area contributed by atoms with Crippen LogP contribution in [0.1, 0.15) is 6.42 Å². The zero-order chi connectivity index (χ0) is 10.3. The smallest absolute Gasteiger partial charge is 0.160 e. The van der Waals surface area contributed by atoms with Gasteiger partial charge in [0.15, 0.2) is 5.78 Å². The first kappa shape index (κ1) is 8.42. The number of benzene rings is 1. The molecule has 0 saturated carbocycles. The van der Waals surface area contributed by atoms with E-state index >= 15 is 0 Å². The Morgan fingerprint density at radius 1 is 1.13 bits per heavy atom. The monoisotopic (exact) mass is 194 g/mol. The van der Waals surface area contributed by atoms with Crippen molar-refractivity contribution in [2.75, 3.05) is 0 Å². The van der Waals surface area contributed by atoms with Gasteiger partial charge in [-0.25, -0.2) is 0 Å². The number of carbonyl (C=O) groups is 1. The minimum absolute atomic E-state index is 0.182. The lowest BCUT2D eigenvalue weighted by Gasteiger charge is -1.99. The maximum atomic E-state index is 11.5. The van der Waals surface area contributed by atoms with E-state index < -0.39 is 0 Å². The Bertz CT molecular complexity index is 615. The van der Waals surface area contributed by atoms with Crippen LogP contribution in [0.5, 0.6) is 0 Å². The van der Waals surface area contributed by atoms with Crippen LogP contribution in [0.25, 0.3) is 11.6 Å². The van der Waals surface area contributed by atoms with Gasteiger partial charge in [-0.2, -0.15) is 0 Å². The summed E-state index contributed by atoms with van der Waals surface area (Å²) in [7, 11) is 0. The molecule has 0 unspecified atom stereocenters. The Labute approximate surface area is 87.7 Å². The first-order chi connectivity index (χ1) is 7.34. The van der Waals surface area contributed by atoms with E-state index in [0.717, 1.165) is 0 Å². The molecule has 0 fully saturated rings. The third-order valence-electron chi connectivity index (χ3n) is 2.85. The molecule has 0 spiro atoms. The molecule has 15 heavy (non-hydrogen) atoms. The van der Waals surface area contributed by atoms with E-state index in [4.69, 9.17) is 0 Å². The number of allylic oxidation sites excluding steroid dienone is 4. The van der Waals surface area contributed by atoms with Crippen molar-refractivity contribution >= 4 is 17.4 Å². The third kappa shape index (κ3) is 1.28. The second-order valence-corrected chi connectivity index (χ2v) is 3.83. The number of carbonyl (C=O) groups excluding carboxylic acids is 1. The Balaban J connectivity index is 2.36. The lowest BCUT2D eigenvalue weighted by atomic mass is 10.0. The highest BCUT2D eigenvalue weighted by Gasteiger charge is 2.14. The summed E-state index contributed by atoms with van der Waals surface area (Å²) in [6, 6.07) is 8.22. The quantitative estimate of drug-likeness (QED) is 0.604. The van der Waals surface area contributed by atoms with Crippen molar-refractivity contribution in [1.29, 1.82) is 0 Å². The molecule has 0 amide bonds. The van der Waals surface area contributed by atoms with Gasteiger partial charge < -0.3 is 0 Å². The molecule has 0 atom stereocenters. The zero-order valence-corrected chi connectivity index (χ0v) is 8.23. The largest absolute Gasteiger partial charge is 0.294 e. The van der Waals surface area contributed by atoms with Crippen molar-refractivity contribution < 1.29 is 4.79 Å². The number of hydrogen-bond donors (Lipinski definition) is 0. The van der Waals surface area contributed by atoms with Crippen molar-refractivity contribution in [1.82, 2.24) is 0 Å². The normalized spacial score (nSPS) is 17.7. The number of hydrogen-bond acceptors (Lipinski definition) is 1. The van der Waals surface area contributed by atoms with Gasteiger partial charge in [-0.15, -0.1) is 0 Å². The van der Waals surface area contributed by atoms with Crippen LogP contribution in [0.3, 0.4) is 0 Å². The minimum atomic E-state index is 0.182. The maximum Gasteiger partial charge on any atom is 0.160 e. The van der Waals surface area contributed by atoms with Crippen molar-refractivity contribution in [3.05, 3.63) is 58.5 Å². The van der Waals surface area contributed by atoms with Crippen LogP contribution < -0.4 is 10.4 Å². The van der Waals surface area contributed by atoms with Gasteiger partial charge in [0.2, 0.25) is 0 Å². The Hall–Kier alpha value is -1.89. The SMILES string of the molecule is O=C1C=CC=C2C=c3ccccc3=C2C1. The van der Waals surface area contributed by atoms with E-state index in [1.807, 2.05) is 24.3 Å². The standard InChI is InChI=1S/C14H10O/c15-12-6-3-5-11-8-10-4-1-2-7-13(10)14(11)9-12/h1-8H,9H2. The van der Waals surface area contributed by atoms with Gasteiger partial charge in [-0.1, -0.05) is 36.4 Å². The Morgan fingerprint density at radius 2 is 2.00 bits per heavy atom. The highest BCUT2D eigenvalue weighted by molar-refractivity contribution is 6.02. The van der Waals surface area contributed by atoms with Gasteiger partial charge in [0.05, 0.1) is 0 Å². The molecule has 2 aliphatic carbocycles. The van der Waals surface area contributed by atoms with E-state index in [0.29, 0.717) is 6.42 Å². The van der Waals surface area contributed by atoms with Crippen molar-refractivity contribution in [3.63, 3.8) is 0 Å². The molecule has 0 saturated heterocycles. The Kier molecular flexibility index (Phi) is 1.72. The van der Waals surface area contributed by atoms with Gasteiger partial charge in [0.25, 0.3) is 0 Å². The maximum absolute atomic E-state index is 11.5. The van der Waals surface area contributed by atoms with Crippen LogP contribution in [0.15, 0.2) is 48.1 Å². The van der Waals surface area contributed by atoms with Gasteiger partial charge in [0.1, 0.15) is 0 Å². The fourth-order valence-electron chi connectivity index (χ4n) is 2.15. The van der Waals surface area contributed by atoms with E-state index in [1.165, 1.54) is 21.6 Å². The van der Waals surface area contributed by atoms with Crippen LogP contribution in [0.2, 0.25) is 0 Å². The topological polar surface area (TPSA) is 17.1 Å². The molecule has 0 aromatic heterocycles. The molecular weight excluding hydrogens is 184 g/mol. The van der Waals surface area contributed by atoms with Gasteiger partial charge in [0, 0.05) is 6.42 Å². The van der Waals surface area contributed by atoms with Crippen LogP contribution >= 0.6 is 0 Å². The Morgan fingerprint density at radius 3 is 2.93 bits per heavy atom. The molecule has 0 heterocycles. The summed E-state index contributed by atoms with van der Waals surface area (Å²) in [4.78, 5) is 11.5. The molecule has 1 heteroatoms. The zero-order valence-electron chi connectivity index (χ0n) is 8.23. The summed E-state index contributed by atoms with van der Waals surface area (Å²) >= 11 is 0. The van der Waals surface area contributed by atoms with E-state index in [9.17, 15) is 4.79 Å². The molecule has 2 aliphatic rings. The van der Waals surface area contributed by atoms with Crippen LogP contribution in [-0.2, 0) is 4.79 Å². The molecule has 1 aromatic carbocycles. The minimum Gasteiger partial charge on any atom is -0.294 e. The summed E-state index contributed by atoms with van der Waals surface area (Å²) in [6.07, 6.45) is 8.17. The predicted octanol–water partition coefficient (Wildman–Crippen LogP) is 1.09. The summed E-state index contributed by atoms with van der Waals surface area (Å²) in [5.74, 6) is 0.182. The summed E-state index contributed by atoms with van der Waals surface area (Å²) in [5.41, 5.74) is 2.35. The summed E-state index contributed by atoms with van der Waals surface area (Å²) in [5, 5.41) is 2.43. The molecule has 0 aliphatic heterocycles. The number of fused-ring (bicyclic) bond motifs is 2. The van der Waals surface area contributed by atoms with Gasteiger partial charge in [-0.05, 0) is 33.7 Å². The molecule has 3 rings (SSSR count). The predicted molar refractivity (Wildman–Crippen MR) is 60.4 cm³/mol. The molecule has 0 bridgehead atoms. The second kappa shape index (κ2) is 3.06. The van der Waals surface area contributed by atoms with Gasteiger partial charge >= 0.3 is 0 Å². The summed E-state index contributed by atoms with van der Waals surface area (Å²) < 4.78 is 0. The van der Waals surface area contributed by atoms with Crippen molar-refractivity contribution in [2.24, 2.45) is 0 Å². The average molecular weight is 194 g/mol. The molecule has 72 valence electrons. The van der Waals surface area contributed by atoms with Gasteiger partial charge in [-0.3, -0.25) is 4.79 Å². The number of rotatable bonds is 0. The molecule has 0 radical (unpaired) electrons. The first-order valence-electron chi connectivity index (χ1n) is 5.06. The number of ketones is 1. The van der Waals surface area contributed by atoms with Crippen molar-refractivity contribution in [2.45, 2.75) is 6.42 Å². The highest BCUT2D eigenvalue weighted by Crippen LogP contribution is 2.21. The van der Waals surface area contributed by atoms with Crippen LogP contribution in [0.4, 0.5) is 0 Å². The first-order valence-corrected chi connectivity index (χ1v) is 5.06. The van der Waals surface area contributed by atoms with Crippen molar-refractivity contribution in [3.8, 4) is 0 Å². The molecule has 1 nitrogen and oxygen atoms in total. The highest BCUT2D eigenvalue weighted by atomic mass is 16.1. The van der Waals surface area contributed by atoms with E-state index in [2.05, 4.69) is 18.2 Å².